The molecule has 0 unspecified atom stereocenters. The van der Waals surface area contributed by atoms with Gasteiger partial charge in [0, 0.05) is 50.8 Å². The van der Waals surface area contributed by atoms with Crippen molar-refractivity contribution in [1.29, 1.82) is 0 Å². The number of hydrogen-bond donors (Lipinski definition) is 1. The zero-order valence-electron chi connectivity index (χ0n) is 15.4. The number of halogens is 1. The predicted molar refractivity (Wildman–Crippen MR) is 100 cm³/mol. The molecule has 28 heavy (non-hydrogen) atoms. The van der Waals surface area contributed by atoms with E-state index in [-0.39, 0.29) is 11.7 Å². The summed E-state index contributed by atoms with van der Waals surface area (Å²) in [6.07, 6.45) is 1.47. The van der Waals surface area contributed by atoms with Crippen molar-refractivity contribution in [2.75, 3.05) is 36.4 Å². The Kier molecular flexibility index (Phi) is 4.96. The van der Waals surface area contributed by atoms with Crippen LogP contribution in [0.2, 0.25) is 0 Å². The van der Waals surface area contributed by atoms with E-state index >= 15 is 0 Å². The summed E-state index contributed by atoms with van der Waals surface area (Å²) in [5.74, 6) is 0.899. The highest BCUT2D eigenvalue weighted by Gasteiger charge is 2.24. The number of rotatable bonds is 5. The standard InChI is InChI=1S/C19H20FN5O3/c1-13(26)24-6-8-25(9-7-24)19-15(3-2-4-16(19)20)17-11-14(28-22-17)12-21-18-5-10-27-23-18/h2-5,10-11H,6-9,12H2,1H3,(H,21,23). The Hall–Kier alpha value is -3.36. The molecule has 0 bridgehead atoms. The van der Waals surface area contributed by atoms with Crippen molar-refractivity contribution in [3.63, 3.8) is 0 Å². The van der Waals surface area contributed by atoms with E-state index in [1.807, 2.05) is 11.0 Å². The van der Waals surface area contributed by atoms with Crippen LogP contribution in [-0.2, 0) is 11.3 Å². The Morgan fingerprint density at radius 1 is 1.21 bits per heavy atom. The Morgan fingerprint density at radius 2 is 2.04 bits per heavy atom. The van der Waals surface area contributed by atoms with Gasteiger partial charge in [0.2, 0.25) is 5.91 Å². The van der Waals surface area contributed by atoms with E-state index in [0.29, 0.717) is 61.2 Å². The van der Waals surface area contributed by atoms with Crippen LogP contribution < -0.4 is 10.2 Å². The molecule has 0 saturated carbocycles. The van der Waals surface area contributed by atoms with Crippen LogP contribution in [0.5, 0.6) is 0 Å². The summed E-state index contributed by atoms with van der Waals surface area (Å²) in [6, 6.07) is 8.38. The quantitative estimate of drug-likeness (QED) is 0.722. The lowest BCUT2D eigenvalue weighted by molar-refractivity contribution is -0.129. The van der Waals surface area contributed by atoms with Gasteiger partial charge >= 0.3 is 0 Å². The fourth-order valence-electron chi connectivity index (χ4n) is 3.29. The van der Waals surface area contributed by atoms with Crippen molar-refractivity contribution in [3.05, 3.63) is 48.2 Å². The molecule has 3 aromatic rings. The molecule has 1 amide bonds. The number of carbonyl (C=O) groups excluding carboxylic acids is 1. The number of nitrogens with zero attached hydrogens (tertiary/aromatic N) is 4. The van der Waals surface area contributed by atoms with Crippen LogP contribution in [0.3, 0.4) is 0 Å². The van der Waals surface area contributed by atoms with Gasteiger partial charge in [-0.15, -0.1) is 0 Å². The fourth-order valence-corrected chi connectivity index (χ4v) is 3.29. The number of aromatic nitrogens is 2. The third-order valence-electron chi connectivity index (χ3n) is 4.74. The summed E-state index contributed by atoms with van der Waals surface area (Å²) >= 11 is 0. The minimum atomic E-state index is -0.320. The van der Waals surface area contributed by atoms with Gasteiger partial charge in [0.1, 0.15) is 17.8 Å². The Bertz CT molecular complexity index is 948. The third-order valence-corrected chi connectivity index (χ3v) is 4.74. The van der Waals surface area contributed by atoms with E-state index in [4.69, 9.17) is 9.05 Å². The van der Waals surface area contributed by atoms with Crippen LogP contribution in [0.1, 0.15) is 12.7 Å². The first-order chi connectivity index (χ1) is 13.6. The van der Waals surface area contributed by atoms with Crippen molar-refractivity contribution in [3.8, 4) is 11.3 Å². The molecule has 0 atom stereocenters. The molecule has 146 valence electrons. The van der Waals surface area contributed by atoms with Crippen LogP contribution in [0.15, 0.2) is 45.6 Å². The number of para-hydroxylation sites is 1. The lowest BCUT2D eigenvalue weighted by Crippen LogP contribution is -2.48. The van der Waals surface area contributed by atoms with E-state index in [1.165, 1.54) is 12.3 Å². The zero-order valence-corrected chi connectivity index (χ0v) is 15.4. The molecule has 3 heterocycles. The first-order valence-electron chi connectivity index (χ1n) is 9.01. The van der Waals surface area contributed by atoms with Gasteiger partial charge in [0.25, 0.3) is 0 Å². The summed E-state index contributed by atoms with van der Waals surface area (Å²) in [5.41, 5.74) is 1.70. The molecular weight excluding hydrogens is 365 g/mol. The Labute approximate surface area is 160 Å². The molecule has 9 heteroatoms. The fraction of sp³-hybridized carbons (Fsp3) is 0.316. The van der Waals surface area contributed by atoms with E-state index < -0.39 is 0 Å². The summed E-state index contributed by atoms with van der Waals surface area (Å²) in [5, 5.41) is 10.9. The van der Waals surface area contributed by atoms with Crippen molar-refractivity contribution < 1.29 is 18.2 Å². The van der Waals surface area contributed by atoms with Gasteiger partial charge in [-0.3, -0.25) is 4.79 Å². The minimum Gasteiger partial charge on any atom is -0.365 e. The van der Waals surface area contributed by atoms with Gasteiger partial charge in [0.05, 0.1) is 12.2 Å². The lowest BCUT2D eigenvalue weighted by Gasteiger charge is -2.36. The van der Waals surface area contributed by atoms with E-state index in [2.05, 4.69) is 15.6 Å². The van der Waals surface area contributed by atoms with Gasteiger partial charge < -0.3 is 24.2 Å². The van der Waals surface area contributed by atoms with E-state index in [0.717, 1.165) is 0 Å². The number of benzene rings is 1. The average molecular weight is 385 g/mol. The number of piperazine rings is 1. The number of anilines is 2. The average Bonchev–Trinajstić information content (AvgIpc) is 3.38. The summed E-state index contributed by atoms with van der Waals surface area (Å²) in [4.78, 5) is 15.3. The number of hydrogen-bond acceptors (Lipinski definition) is 7. The molecule has 0 spiro atoms. The second kappa shape index (κ2) is 7.71. The maximum atomic E-state index is 14.7. The van der Waals surface area contributed by atoms with E-state index in [1.54, 1.807) is 30.0 Å². The van der Waals surface area contributed by atoms with Crippen LogP contribution in [-0.4, -0.2) is 47.3 Å². The highest BCUT2D eigenvalue weighted by Crippen LogP contribution is 2.33. The molecule has 1 fully saturated rings. The maximum Gasteiger partial charge on any atom is 0.219 e. The molecule has 0 aliphatic carbocycles. The summed E-state index contributed by atoms with van der Waals surface area (Å²) in [6.45, 7) is 4.18. The zero-order chi connectivity index (χ0) is 19.5. The van der Waals surface area contributed by atoms with Crippen molar-refractivity contribution in [2.45, 2.75) is 13.5 Å². The van der Waals surface area contributed by atoms with Crippen molar-refractivity contribution in [2.24, 2.45) is 0 Å². The molecular formula is C19H20FN5O3. The summed E-state index contributed by atoms with van der Waals surface area (Å²) < 4.78 is 24.9. The van der Waals surface area contributed by atoms with Gasteiger partial charge in [-0.25, -0.2) is 4.39 Å². The number of nitrogens with one attached hydrogen (secondary N) is 1. The van der Waals surface area contributed by atoms with Gasteiger partial charge in [0.15, 0.2) is 11.6 Å². The summed E-state index contributed by atoms with van der Waals surface area (Å²) in [7, 11) is 0. The molecule has 1 aromatic carbocycles. The van der Waals surface area contributed by atoms with Gasteiger partial charge in [-0.2, -0.15) is 0 Å². The van der Waals surface area contributed by atoms with Crippen LogP contribution in [0.4, 0.5) is 15.9 Å². The Morgan fingerprint density at radius 3 is 2.75 bits per heavy atom. The van der Waals surface area contributed by atoms with Crippen LogP contribution >= 0.6 is 0 Å². The van der Waals surface area contributed by atoms with E-state index in [9.17, 15) is 9.18 Å². The molecule has 1 N–H and O–H groups in total. The Balaban J connectivity index is 1.54. The number of carbonyl (C=O) groups is 1. The van der Waals surface area contributed by atoms with Crippen LogP contribution in [0.25, 0.3) is 11.3 Å². The molecule has 8 nitrogen and oxygen atoms in total. The first kappa shape index (κ1) is 18.0. The number of amides is 1. The third kappa shape index (κ3) is 3.68. The maximum absolute atomic E-state index is 14.7. The predicted octanol–water partition coefficient (Wildman–Crippen LogP) is 2.75. The molecule has 4 rings (SSSR count). The molecule has 2 aromatic heterocycles. The van der Waals surface area contributed by atoms with Gasteiger partial charge in [-0.1, -0.05) is 22.4 Å². The second-order valence-corrected chi connectivity index (χ2v) is 6.55. The SMILES string of the molecule is CC(=O)N1CCN(c2c(F)cccc2-c2cc(CNc3ccon3)on2)CC1. The monoisotopic (exact) mass is 385 g/mol. The van der Waals surface area contributed by atoms with Crippen molar-refractivity contribution in [1.82, 2.24) is 15.2 Å². The largest absolute Gasteiger partial charge is 0.365 e. The minimum absolute atomic E-state index is 0.0363. The highest BCUT2D eigenvalue weighted by molar-refractivity contribution is 5.78. The van der Waals surface area contributed by atoms with Crippen molar-refractivity contribution >= 4 is 17.4 Å². The molecule has 1 aliphatic heterocycles. The highest BCUT2D eigenvalue weighted by atomic mass is 19.1. The smallest absolute Gasteiger partial charge is 0.219 e. The molecule has 1 saturated heterocycles. The second-order valence-electron chi connectivity index (χ2n) is 6.55. The topological polar surface area (TPSA) is 87.6 Å². The molecule has 0 radical (unpaired) electrons. The lowest BCUT2D eigenvalue weighted by atomic mass is 10.1. The van der Waals surface area contributed by atoms with Gasteiger partial charge in [-0.05, 0) is 6.07 Å². The van der Waals surface area contributed by atoms with Crippen LogP contribution in [0, 0.1) is 5.82 Å². The molecule has 1 aliphatic rings. The first-order valence-corrected chi connectivity index (χ1v) is 9.01. The normalized spacial score (nSPS) is 14.4.